The van der Waals surface area contributed by atoms with Crippen molar-refractivity contribution >= 4 is 11.6 Å². The molecule has 1 aromatic carbocycles. The fourth-order valence-electron chi connectivity index (χ4n) is 2.06. The fourth-order valence-corrected chi connectivity index (χ4v) is 2.26. The van der Waals surface area contributed by atoms with Gasteiger partial charge in [0.05, 0.1) is 0 Å². The molecule has 0 aliphatic rings. The molecule has 3 nitrogen and oxygen atoms in total. The quantitative estimate of drug-likeness (QED) is 0.834. The minimum Gasteiger partial charge on any atom is -0.508 e. The molecule has 0 aliphatic heterocycles. The minimum atomic E-state index is 0.290. The average Bonchev–Trinajstić information content (AvgIpc) is 2.27. The maximum atomic E-state index is 9.71. The van der Waals surface area contributed by atoms with Gasteiger partial charge in [0.1, 0.15) is 5.75 Å². The lowest BCUT2D eigenvalue weighted by molar-refractivity contribution is 0.224. The molecule has 0 saturated heterocycles. The van der Waals surface area contributed by atoms with Crippen LogP contribution in [0.5, 0.6) is 5.75 Å². The van der Waals surface area contributed by atoms with Crippen LogP contribution in [0.1, 0.15) is 19.4 Å². The number of phenols is 1. The second kappa shape index (κ2) is 6.98. The number of benzene rings is 1. The summed E-state index contributed by atoms with van der Waals surface area (Å²) in [5, 5.41) is 13.7. The Kier molecular flexibility index (Phi) is 5.93. The summed E-state index contributed by atoms with van der Waals surface area (Å²) >= 11 is 5.91. The molecule has 2 N–H and O–H groups in total. The molecule has 0 aliphatic carbocycles. The molecule has 0 amide bonds. The van der Waals surface area contributed by atoms with Crippen LogP contribution in [-0.2, 0) is 6.54 Å². The van der Waals surface area contributed by atoms with Crippen LogP contribution in [0.25, 0.3) is 0 Å². The van der Waals surface area contributed by atoms with Crippen molar-refractivity contribution in [1.82, 2.24) is 10.2 Å². The largest absolute Gasteiger partial charge is 0.508 e. The van der Waals surface area contributed by atoms with Gasteiger partial charge in [-0.2, -0.15) is 0 Å². The van der Waals surface area contributed by atoms with E-state index < -0.39 is 0 Å². The maximum Gasteiger partial charge on any atom is 0.120 e. The van der Waals surface area contributed by atoms with E-state index in [4.69, 9.17) is 11.6 Å². The highest BCUT2D eigenvalue weighted by molar-refractivity contribution is 6.30. The van der Waals surface area contributed by atoms with Crippen molar-refractivity contribution in [3.63, 3.8) is 0 Å². The summed E-state index contributed by atoms with van der Waals surface area (Å²) in [6, 6.07) is 5.60. The SMILES string of the molecule is CC(C)C(CNCc1cc(Cl)ccc1O)N(C)C. The molecule has 0 aromatic heterocycles. The third kappa shape index (κ3) is 4.48. The normalized spacial score (nSPS) is 13.3. The minimum absolute atomic E-state index is 0.290. The Hall–Kier alpha value is -0.770. The van der Waals surface area contributed by atoms with E-state index in [2.05, 4.69) is 38.2 Å². The molecule has 102 valence electrons. The van der Waals surface area contributed by atoms with E-state index in [0.717, 1.165) is 12.1 Å². The maximum absolute atomic E-state index is 9.71. The Morgan fingerprint density at radius 2 is 2.00 bits per heavy atom. The lowest BCUT2D eigenvalue weighted by Gasteiger charge is -2.28. The Bertz CT molecular complexity index is 372. The first-order chi connectivity index (χ1) is 8.41. The first-order valence-electron chi connectivity index (χ1n) is 6.26. The van der Waals surface area contributed by atoms with Crippen LogP contribution in [-0.4, -0.2) is 36.7 Å². The zero-order valence-electron chi connectivity index (χ0n) is 11.6. The Labute approximate surface area is 115 Å². The van der Waals surface area contributed by atoms with Crippen molar-refractivity contribution in [2.75, 3.05) is 20.6 Å². The molecule has 1 atom stereocenters. The second-order valence-electron chi connectivity index (χ2n) is 5.18. The molecular formula is C14H23ClN2O. The van der Waals surface area contributed by atoms with E-state index in [1.165, 1.54) is 0 Å². The van der Waals surface area contributed by atoms with Crippen molar-refractivity contribution < 1.29 is 5.11 Å². The van der Waals surface area contributed by atoms with E-state index in [9.17, 15) is 5.11 Å². The molecule has 4 heteroatoms. The number of likely N-dealkylation sites (N-methyl/N-ethyl adjacent to an activating group) is 1. The van der Waals surface area contributed by atoms with Crippen LogP contribution in [0.3, 0.4) is 0 Å². The number of aromatic hydroxyl groups is 1. The molecule has 0 saturated carbocycles. The van der Waals surface area contributed by atoms with E-state index in [1.807, 2.05) is 0 Å². The summed E-state index contributed by atoms with van der Waals surface area (Å²) in [5.74, 6) is 0.873. The van der Waals surface area contributed by atoms with Crippen molar-refractivity contribution in [2.45, 2.75) is 26.4 Å². The Morgan fingerprint density at radius 3 is 2.56 bits per heavy atom. The van der Waals surface area contributed by atoms with Gasteiger partial charge in [-0.3, -0.25) is 0 Å². The van der Waals surface area contributed by atoms with Crippen molar-refractivity contribution in [2.24, 2.45) is 5.92 Å². The molecule has 0 heterocycles. The number of nitrogens with zero attached hydrogens (tertiary/aromatic N) is 1. The van der Waals surface area contributed by atoms with Gasteiger partial charge in [0.2, 0.25) is 0 Å². The summed E-state index contributed by atoms with van der Waals surface area (Å²) in [6.45, 7) is 5.94. The molecule has 0 bridgehead atoms. The molecule has 0 spiro atoms. The molecule has 1 unspecified atom stereocenters. The fraction of sp³-hybridized carbons (Fsp3) is 0.571. The standard InChI is InChI=1S/C14H23ClN2O/c1-10(2)13(17(3)4)9-16-8-11-7-12(15)5-6-14(11)18/h5-7,10,13,16,18H,8-9H2,1-4H3. The molecule has 0 radical (unpaired) electrons. The van der Waals surface area contributed by atoms with Crippen LogP contribution in [0.4, 0.5) is 0 Å². The summed E-state index contributed by atoms with van der Waals surface area (Å²) < 4.78 is 0. The predicted octanol–water partition coefficient (Wildman–Crippen LogP) is 2.72. The van der Waals surface area contributed by atoms with Gasteiger partial charge in [-0.15, -0.1) is 0 Å². The lowest BCUT2D eigenvalue weighted by atomic mass is 10.0. The summed E-state index contributed by atoms with van der Waals surface area (Å²) in [6.07, 6.45) is 0. The van der Waals surface area contributed by atoms with E-state index in [-0.39, 0.29) is 5.75 Å². The lowest BCUT2D eigenvalue weighted by Crippen LogP contribution is -2.41. The molecule has 1 aromatic rings. The van der Waals surface area contributed by atoms with Crippen LogP contribution in [0, 0.1) is 5.92 Å². The Morgan fingerprint density at radius 1 is 1.33 bits per heavy atom. The third-order valence-electron chi connectivity index (χ3n) is 3.14. The highest BCUT2D eigenvalue weighted by Gasteiger charge is 2.15. The van der Waals surface area contributed by atoms with Crippen LogP contribution in [0.2, 0.25) is 5.02 Å². The summed E-state index contributed by atoms with van der Waals surface area (Å²) in [7, 11) is 4.17. The molecule has 18 heavy (non-hydrogen) atoms. The number of halogens is 1. The third-order valence-corrected chi connectivity index (χ3v) is 3.38. The van der Waals surface area contributed by atoms with Crippen molar-refractivity contribution in [3.05, 3.63) is 28.8 Å². The monoisotopic (exact) mass is 270 g/mol. The molecular weight excluding hydrogens is 248 g/mol. The van der Waals surface area contributed by atoms with Gasteiger partial charge < -0.3 is 15.3 Å². The number of hydrogen-bond acceptors (Lipinski definition) is 3. The van der Waals surface area contributed by atoms with Gasteiger partial charge in [0.15, 0.2) is 0 Å². The number of hydrogen-bond donors (Lipinski definition) is 2. The highest BCUT2D eigenvalue weighted by atomic mass is 35.5. The van der Waals surface area contributed by atoms with Gasteiger partial charge in [0.25, 0.3) is 0 Å². The van der Waals surface area contributed by atoms with Crippen LogP contribution in [0.15, 0.2) is 18.2 Å². The highest BCUT2D eigenvalue weighted by Crippen LogP contribution is 2.21. The zero-order chi connectivity index (χ0) is 13.7. The van der Waals surface area contributed by atoms with Crippen LogP contribution < -0.4 is 5.32 Å². The van der Waals surface area contributed by atoms with Gasteiger partial charge in [-0.25, -0.2) is 0 Å². The summed E-state index contributed by atoms with van der Waals surface area (Å²) in [4.78, 5) is 2.22. The topological polar surface area (TPSA) is 35.5 Å². The van der Waals surface area contributed by atoms with Gasteiger partial charge in [-0.1, -0.05) is 25.4 Å². The number of phenolic OH excluding ortho intramolecular Hbond substituents is 1. The van der Waals surface area contributed by atoms with Gasteiger partial charge in [0, 0.05) is 29.7 Å². The van der Waals surface area contributed by atoms with Crippen molar-refractivity contribution in [1.29, 1.82) is 0 Å². The predicted molar refractivity (Wildman–Crippen MR) is 77.1 cm³/mol. The van der Waals surface area contributed by atoms with E-state index >= 15 is 0 Å². The summed E-state index contributed by atoms with van der Waals surface area (Å²) in [5.41, 5.74) is 0.837. The smallest absolute Gasteiger partial charge is 0.120 e. The van der Waals surface area contributed by atoms with E-state index in [0.29, 0.717) is 23.5 Å². The van der Waals surface area contributed by atoms with Crippen molar-refractivity contribution in [3.8, 4) is 5.75 Å². The van der Waals surface area contributed by atoms with Gasteiger partial charge in [-0.05, 0) is 38.2 Å². The zero-order valence-corrected chi connectivity index (χ0v) is 12.3. The second-order valence-corrected chi connectivity index (χ2v) is 5.62. The molecule has 0 fully saturated rings. The number of nitrogens with one attached hydrogen (secondary N) is 1. The first-order valence-corrected chi connectivity index (χ1v) is 6.64. The van der Waals surface area contributed by atoms with Crippen LogP contribution >= 0.6 is 11.6 Å². The Balaban J connectivity index is 2.52. The number of rotatable bonds is 6. The first kappa shape index (κ1) is 15.3. The van der Waals surface area contributed by atoms with E-state index in [1.54, 1.807) is 18.2 Å². The van der Waals surface area contributed by atoms with Gasteiger partial charge >= 0.3 is 0 Å². The average molecular weight is 271 g/mol. The molecule has 1 rings (SSSR count).